The van der Waals surface area contributed by atoms with Gasteiger partial charge in [-0.25, -0.2) is 0 Å². The van der Waals surface area contributed by atoms with Crippen molar-refractivity contribution in [1.82, 2.24) is 4.90 Å². The van der Waals surface area contributed by atoms with Crippen LogP contribution in [0.5, 0.6) is 0 Å². The third kappa shape index (κ3) is 1.28. The van der Waals surface area contributed by atoms with Crippen LogP contribution in [0.2, 0.25) is 0 Å². The van der Waals surface area contributed by atoms with Crippen molar-refractivity contribution in [2.75, 3.05) is 13.2 Å². The highest BCUT2D eigenvalue weighted by molar-refractivity contribution is 5.04. The van der Waals surface area contributed by atoms with Crippen molar-refractivity contribution in [3.05, 3.63) is 0 Å². The number of hydrogen-bond acceptors (Lipinski definition) is 5. The van der Waals surface area contributed by atoms with E-state index in [-0.39, 0.29) is 18.7 Å². The molecule has 0 aromatic rings. The number of aliphatic hydroxyl groups is 4. The molecule has 13 heavy (non-hydrogen) atoms. The molecule has 0 spiro atoms. The Morgan fingerprint density at radius 1 is 1.15 bits per heavy atom. The van der Waals surface area contributed by atoms with Crippen molar-refractivity contribution in [3.63, 3.8) is 0 Å². The standard InChI is InChI=1S/C8H15NO4/c10-3-5-6(11)1-4-8(13)7(12)2-9(4)5/h4-8,10-13H,1-3H2/t4-,5-,6+,7-,8+/m0/s1. The maximum Gasteiger partial charge on any atom is 0.0967 e. The van der Waals surface area contributed by atoms with Crippen LogP contribution in [0.1, 0.15) is 6.42 Å². The van der Waals surface area contributed by atoms with Crippen LogP contribution in [0.25, 0.3) is 0 Å². The van der Waals surface area contributed by atoms with E-state index in [4.69, 9.17) is 5.11 Å². The van der Waals surface area contributed by atoms with Crippen molar-refractivity contribution < 1.29 is 20.4 Å². The molecule has 4 N–H and O–H groups in total. The van der Waals surface area contributed by atoms with Crippen molar-refractivity contribution in [2.24, 2.45) is 0 Å². The lowest BCUT2D eigenvalue weighted by atomic mass is 10.1. The fourth-order valence-electron chi connectivity index (χ4n) is 2.42. The molecule has 2 heterocycles. The Labute approximate surface area is 76.2 Å². The molecule has 0 aromatic heterocycles. The van der Waals surface area contributed by atoms with Crippen LogP contribution in [0.15, 0.2) is 0 Å². The molecular formula is C8H15NO4. The Morgan fingerprint density at radius 2 is 1.85 bits per heavy atom. The summed E-state index contributed by atoms with van der Waals surface area (Å²) in [5.41, 5.74) is 0. The van der Waals surface area contributed by atoms with Gasteiger partial charge in [-0.3, -0.25) is 4.90 Å². The number of fused-ring (bicyclic) bond motifs is 1. The summed E-state index contributed by atoms with van der Waals surface area (Å²) >= 11 is 0. The highest BCUT2D eigenvalue weighted by Crippen LogP contribution is 2.32. The summed E-state index contributed by atoms with van der Waals surface area (Å²) in [4.78, 5) is 1.79. The first-order chi connectivity index (χ1) is 6.15. The summed E-state index contributed by atoms with van der Waals surface area (Å²) in [7, 11) is 0. The molecule has 2 aliphatic heterocycles. The third-order valence-corrected chi connectivity index (χ3v) is 3.15. The van der Waals surface area contributed by atoms with Gasteiger partial charge in [0, 0.05) is 12.6 Å². The maximum atomic E-state index is 9.51. The quantitative estimate of drug-likeness (QED) is 0.367. The van der Waals surface area contributed by atoms with Gasteiger partial charge in [-0.15, -0.1) is 0 Å². The highest BCUT2D eigenvalue weighted by Gasteiger charge is 2.50. The maximum absolute atomic E-state index is 9.51. The first-order valence-corrected chi connectivity index (χ1v) is 4.56. The van der Waals surface area contributed by atoms with Crippen LogP contribution in [0, 0.1) is 0 Å². The molecule has 5 atom stereocenters. The molecule has 5 nitrogen and oxygen atoms in total. The minimum absolute atomic E-state index is 0.128. The minimum Gasteiger partial charge on any atom is -0.395 e. The topological polar surface area (TPSA) is 84.2 Å². The van der Waals surface area contributed by atoms with E-state index in [2.05, 4.69) is 0 Å². The lowest BCUT2D eigenvalue weighted by Gasteiger charge is -2.22. The Balaban J connectivity index is 2.13. The number of rotatable bonds is 1. The van der Waals surface area contributed by atoms with E-state index in [9.17, 15) is 15.3 Å². The number of nitrogens with zero attached hydrogens (tertiary/aromatic N) is 1. The van der Waals surface area contributed by atoms with Crippen LogP contribution in [0.4, 0.5) is 0 Å². The number of aliphatic hydroxyl groups excluding tert-OH is 4. The molecule has 0 radical (unpaired) electrons. The molecule has 2 saturated heterocycles. The van der Waals surface area contributed by atoms with Crippen LogP contribution in [0.3, 0.4) is 0 Å². The average Bonchev–Trinajstić information content (AvgIpc) is 2.52. The van der Waals surface area contributed by atoms with Gasteiger partial charge in [0.1, 0.15) is 0 Å². The Kier molecular flexibility index (Phi) is 2.29. The smallest absolute Gasteiger partial charge is 0.0967 e. The summed E-state index contributed by atoms with van der Waals surface area (Å²) in [6.07, 6.45) is -1.68. The Morgan fingerprint density at radius 3 is 2.46 bits per heavy atom. The Hall–Kier alpha value is -0.200. The molecule has 0 unspecified atom stereocenters. The summed E-state index contributed by atoms with van der Waals surface area (Å²) < 4.78 is 0. The molecule has 76 valence electrons. The summed E-state index contributed by atoms with van der Waals surface area (Å²) in [5, 5.41) is 37.4. The molecular weight excluding hydrogens is 174 g/mol. The van der Waals surface area contributed by atoms with E-state index in [0.29, 0.717) is 13.0 Å². The highest BCUT2D eigenvalue weighted by atomic mass is 16.3. The molecule has 0 aromatic carbocycles. The van der Waals surface area contributed by atoms with Crippen molar-refractivity contribution in [1.29, 1.82) is 0 Å². The van der Waals surface area contributed by atoms with Crippen molar-refractivity contribution in [3.8, 4) is 0 Å². The molecule has 2 rings (SSSR count). The van der Waals surface area contributed by atoms with Gasteiger partial charge in [0.15, 0.2) is 0 Å². The molecule has 0 bridgehead atoms. The zero-order chi connectivity index (χ0) is 9.59. The predicted octanol–water partition coefficient (Wildman–Crippen LogP) is -2.48. The van der Waals surface area contributed by atoms with Gasteiger partial charge in [0.05, 0.1) is 31.0 Å². The molecule has 5 heteroatoms. The minimum atomic E-state index is -0.786. The van der Waals surface area contributed by atoms with Crippen LogP contribution in [-0.2, 0) is 0 Å². The normalized spacial score (nSPS) is 51.2. The predicted molar refractivity (Wildman–Crippen MR) is 44.0 cm³/mol. The first kappa shape index (κ1) is 9.36. The first-order valence-electron chi connectivity index (χ1n) is 4.56. The fourth-order valence-corrected chi connectivity index (χ4v) is 2.42. The number of hydrogen-bond donors (Lipinski definition) is 4. The summed E-state index contributed by atoms with van der Waals surface area (Å²) in [6.45, 7) is 0.214. The second kappa shape index (κ2) is 3.18. The molecule has 2 aliphatic rings. The monoisotopic (exact) mass is 189 g/mol. The van der Waals surface area contributed by atoms with Crippen LogP contribution >= 0.6 is 0 Å². The lowest BCUT2D eigenvalue weighted by molar-refractivity contribution is 0.0314. The largest absolute Gasteiger partial charge is 0.395 e. The second-order valence-corrected chi connectivity index (χ2v) is 3.88. The van der Waals surface area contributed by atoms with Gasteiger partial charge in [0.2, 0.25) is 0 Å². The fraction of sp³-hybridized carbons (Fsp3) is 1.00. The third-order valence-electron chi connectivity index (χ3n) is 3.15. The van der Waals surface area contributed by atoms with Gasteiger partial charge in [-0.05, 0) is 6.42 Å². The zero-order valence-corrected chi connectivity index (χ0v) is 7.24. The van der Waals surface area contributed by atoms with Gasteiger partial charge < -0.3 is 20.4 Å². The SMILES string of the molecule is OC[C@H]1[C@H](O)C[C@H]2[C@@H](O)[C@@H](O)CN21. The van der Waals surface area contributed by atoms with Crippen molar-refractivity contribution >= 4 is 0 Å². The van der Waals surface area contributed by atoms with Gasteiger partial charge in [-0.2, -0.15) is 0 Å². The van der Waals surface area contributed by atoms with E-state index in [0.717, 1.165) is 0 Å². The van der Waals surface area contributed by atoms with Crippen LogP contribution < -0.4 is 0 Å². The molecule has 2 fully saturated rings. The van der Waals surface area contributed by atoms with Crippen LogP contribution in [-0.4, -0.2) is 68.9 Å². The lowest BCUT2D eigenvalue weighted by Crippen LogP contribution is -2.39. The molecule has 0 aliphatic carbocycles. The average molecular weight is 189 g/mol. The van der Waals surface area contributed by atoms with E-state index in [1.165, 1.54) is 0 Å². The zero-order valence-electron chi connectivity index (χ0n) is 7.24. The van der Waals surface area contributed by atoms with Gasteiger partial charge in [0.25, 0.3) is 0 Å². The van der Waals surface area contributed by atoms with Gasteiger partial charge in [-0.1, -0.05) is 0 Å². The van der Waals surface area contributed by atoms with E-state index in [1.54, 1.807) is 4.90 Å². The Bertz CT molecular complexity index is 201. The van der Waals surface area contributed by atoms with E-state index >= 15 is 0 Å². The van der Waals surface area contributed by atoms with E-state index < -0.39 is 18.3 Å². The second-order valence-electron chi connectivity index (χ2n) is 3.88. The van der Waals surface area contributed by atoms with Crippen molar-refractivity contribution in [2.45, 2.75) is 36.8 Å². The van der Waals surface area contributed by atoms with Gasteiger partial charge >= 0.3 is 0 Å². The van der Waals surface area contributed by atoms with E-state index in [1.807, 2.05) is 0 Å². The summed E-state index contributed by atoms with van der Waals surface area (Å²) in [6, 6.07) is -0.515. The molecule has 0 amide bonds. The molecule has 0 saturated carbocycles. The summed E-state index contributed by atoms with van der Waals surface area (Å²) in [5.74, 6) is 0.